The zero-order chi connectivity index (χ0) is 14.5. The predicted molar refractivity (Wildman–Crippen MR) is 70.1 cm³/mol. The van der Waals surface area contributed by atoms with Gasteiger partial charge in [0.2, 0.25) is 0 Å². The third-order valence-electron chi connectivity index (χ3n) is 3.47. The Morgan fingerprint density at radius 2 is 2.25 bits per heavy atom. The van der Waals surface area contributed by atoms with E-state index in [4.69, 9.17) is 0 Å². The molecule has 1 amide bonds. The molecule has 1 aliphatic carbocycles. The van der Waals surface area contributed by atoms with Crippen LogP contribution in [0.15, 0.2) is 24.5 Å². The fraction of sp³-hybridized carbons (Fsp3) is 0.429. The highest BCUT2D eigenvalue weighted by molar-refractivity contribution is 5.96. The van der Waals surface area contributed by atoms with E-state index in [1.165, 1.54) is 12.4 Å². The molecule has 0 bridgehead atoms. The lowest BCUT2D eigenvalue weighted by Gasteiger charge is -2.27. The van der Waals surface area contributed by atoms with Crippen LogP contribution in [0.4, 0.5) is 0 Å². The maximum atomic E-state index is 12.0. The second-order valence-corrected chi connectivity index (χ2v) is 4.93. The summed E-state index contributed by atoms with van der Waals surface area (Å²) in [4.78, 5) is 38.6. The van der Waals surface area contributed by atoms with Crippen molar-refractivity contribution in [1.82, 2.24) is 10.3 Å². The van der Waals surface area contributed by atoms with Gasteiger partial charge < -0.3 is 10.4 Å². The van der Waals surface area contributed by atoms with Gasteiger partial charge in [-0.25, -0.2) is 4.79 Å². The average Bonchev–Trinajstić information content (AvgIpc) is 2.45. The number of carbonyl (C=O) groups excluding carboxylic acids is 2. The Morgan fingerprint density at radius 1 is 1.45 bits per heavy atom. The molecule has 0 spiro atoms. The van der Waals surface area contributed by atoms with Gasteiger partial charge in [0.1, 0.15) is 11.8 Å². The van der Waals surface area contributed by atoms with Gasteiger partial charge in [0.25, 0.3) is 5.91 Å². The second kappa shape index (κ2) is 6.27. The first kappa shape index (κ1) is 14.2. The number of nitrogens with one attached hydrogen (secondary N) is 1. The number of carboxylic acid groups (broad SMARTS) is 1. The Morgan fingerprint density at radius 3 is 2.85 bits per heavy atom. The number of carbonyl (C=O) groups is 3. The first-order valence-electron chi connectivity index (χ1n) is 6.53. The van der Waals surface area contributed by atoms with Crippen molar-refractivity contribution in [3.63, 3.8) is 0 Å². The average molecular weight is 276 g/mol. The lowest BCUT2D eigenvalue weighted by Crippen LogP contribution is -2.47. The predicted octanol–water partition coefficient (Wildman–Crippen LogP) is 1.02. The molecule has 2 rings (SSSR count). The van der Waals surface area contributed by atoms with Crippen LogP contribution in [0.25, 0.3) is 0 Å². The molecule has 1 aromatic heterocycles. The number of ketones is 1. The molecule has 0 saturated heterocycles. The van der Waals surface area contributed by atoms with Gasteiger partial charge in [0, 0.05) is 25.2 Å². The molecule has 1 aromatic rings. The van der Waals surface area contributed by atoms with E-state index in [0.717, 1.165) is 0 Å². The Balaban J connectivity index is 2.08. The monoisotopic (exact) mass is 276 g/mol. The Kier molecular flexibility index (Phi) is 4.45. The normalized spacial score (nSPS) is 20.2. The highest BCUT2D eigenvalue weighted by Gasteiger charge is 2.33. The Hall–Kier alpha value is -2.24. The Labute approximate surface area is 116 Å². The van der Waals surface area contributed by atoms with E-state index < -0.39 is 17.9 Å². The molecule has 0 unspecified atom stereocenters. The largest absolute Gasteiger partial charge is 0.480 e. The minimum Gasteiger partial charge on any atom is -0.480 e. The Bertz CT molecular complexity index is 515. The van der Waals surface area contributed by atoms with Crippen LogP contribution in [0, 0.1) is 5.92 Å². The van der Waals surface area contributed by atoms with Crippen molar-refractivity contribution < 1.29 is 19.5 Å². The molecule has 0 radical (unpaired) electrons. The van der Waals surface area contributed by atoms with Gasteiger partial charge in [-0.2, -0.15) is 0 Å². The van der Waals surface area contributed by atoms with E-state index in [0.29, 0.717) is 24.8 Å². The highest BCUT2D eigenvalue weighted by Crippen LogP contribution is 2.24. The van der Waals surface area contributed by atoms with Gasteiger partial charge in [0.05, 0.1) is 5.56 Å². The third-order valence-corrected chi connectivity index (χ3v) is 3.47. The van der Waals surface area contributed by atoms with Crippen molar-refractivity contribution in [3.8, 4) is 0 Å². The van der Waals surface area contributed by atoms with Crippen LogP contribution in [0.3, 0.4) is 0 Å². The summed E-state index contributed by atoms with van der Waals surface area (Å²) in [5.74, 6) is -1.87. The molecule has 106 valence electrons. The fourth-order valence-corrected chi connectivity index (χ4v) is 2.45. The summed E-state index contributed by atoms with van der Waals surface area (Å²) in [6.45, 7) is 0. The third kappa shape index (κ3) is 3.40. The molecular formula is C14H16N2O4. The van der Waals surface area contributed by atoms with Crippen LogP contribution in [0.2, 0.25) is 0 Å². The molecule has 0 aliphatic heterocycles. The zero-order valence-corrected chi connectivity index (χ0v) is 10.9. The lowest BCUT2D eigenvalue weighted by atomic mass is 9.83. The van der Waals surface area contributed by atoms with Gasteiger partial charge in [-0.1, -0.05) is 0 Å². The molecule has 0 aromatic carbocycles. The topological polar surface area (TPSA) is 96.4 Å². The molecule has 6 heteroatoms. The van der Waals surface area contributed by atoms with E-state index >= 15 is 0 Å². The standard InChI is InChI=1S/C14H16N2O4/c17-11-5-1-3-9(7-11)12(14(19)20)16-13(18)10-4-2-6-15-8-10/h2,4,6,8-9,12H,1,3,5,7H2,(H,16,18)(H,19,20)/t9-,12+/m1/s1. The number of carboxylic acids is 1. The van der Waals surface area contributed by atoms with Crippen LogP contribution in [0.5, 0.6) is 0 Å². The van der Waals surface area contributed by atoms with Crippen molar-refractivity contribution in [2.24, 2.45) is 5.92 Å². The molecule has 20 heavy (non-hydrogen) atoms. The van der Waals surface area contributed by atoms with Crippen molar-refractivity contribution in [2.75, 3.05) is 0 Å². The summed E-state index contributed by atoms with van der Waals surface area (Å²) in [6, 6.07) is 2.13. The summed E-state index contributed by atoms with van der Waals surface area (Å²) in [5, 5.41) is 11.8. The van der Waals surface area contributed by atoms with Crippen molar-refractivity contribution in [2.45, 2.75) is 31.7 Å². The lowest BCUT2D eigenvalue weighted by molar-refractivity contribution is -0.141. The molecule has 1 heterocycles. The smallest absolute Gasteiger partial charge is 0.326 e. The number of Topliss-reactive ketones (excluding diaryl/α,β-unsaturated/α-hetero) is 1. The number of amides is 1. The summed E-state index contributed by atoms with van der Waals surface area (Å²) in [7, 11) is 0. The SMILES string of the molecule is O=C1CCC[C@@H]([C@H](NC(=O)c2cccnc2)C(=O)O)C1. The van der Waals surface area contributed by atoms with Gasteiger partial charge in [-0.05, 0) is 30.9 Å². The van der Waals surface area contributed by atoms with Gasteiger partial charge >= 0.3 is 5.97 Å². The summed E-state index contributed by atoms with van der Waals surface area (Å²) in [6.07, 6.45) is 4.93. The van der Waals surface area contributed by atoms with E-state index in [1.54, 1.807) is 12.1 Å². The summed E-state index contributed by atoms with van der Waals surface area (Å²) < 4.78 is 0. The number of aliphatic carboxylic acids is 1. The summed E-state index contributed by atoms with van der Waals surface area (Å²) >= 11 is 0. The van der Waals surface area contributed by atoms with E-state index in [2.05, 4.69) is 10.3 Å². The number of aromatic nitrogens is 1. The zero-order valence-electron chi connectivity index (χ0n) is 10.9. The molecule has 2 atom stereocenters. The van der Waals surface area contributed by atoms with Crippen molar-refractivity contribution >= 4 is 17.7 Å². The van der Waals surface area contributed by atoms with E-state index in [-0.39, 0.29) is 18.1 Å². The number of pyridine rings is 1. The van der Waals surface area contributed by atoms with Crippen LogP contribution in [0.1, 0.15) is 36.0 Å². The number of nitrogens with zero attached hydrogens (tertiary/aromatic N) is 1. The molecule has 1 fully saturated rings. The number of hydrogen-bond donors (Lipinski definition) is 2. The first-order valence-corrected chi connectivity index (χ1v) is 6.53. The highest BCUT2D eigenvalue weighted by atomic mass is 16.4. The van der Waals surface area contributed by atoms with E-state index in [1.807, 2.05) is 0 Å². The number of rotatable bonds is 4. The second-order valence-electron chi connectivity index (χ2n) is 4.93. The van der Waals surface area contributed by atoms with Crippen LogP contribution in [-0.2, 0) is 9.59 Å². The molecule has 2 N–H and O–H groups in total. The van der Waals surface area contributed by atoms with Crippen LogP contribution < -0.4 is 5.32 Å². The van der Waals surface area contributed by atoms with Gasteiger partial charge in [0.15, 0.2) is 0 Å². The van der Waals surface area contributed by atoms with Crippen molar-refractivity contribution in [3.05, 3.63) is 30.1 Å². The van der Waals surface area contributed by atoms with E-state index in [9.17, 15) is 19.5 Å². The molecular weight excluding hydrogens is 260 g/mol. The quantitative estimate of drug-likeness (QED) is 0.856. The van der Waals surface area contributed by atoms with Gasteiger partial charge in [-0.15, -0.1) is 0 Å². The van der Waals surface area contributed by atoms with Crippen LogP contribution in [-0.4, -0.2) is 33.8 Å². The van der Waals surface area contributed by atoms with Crippen molar-refractivity contribution in [1.29, 1.82) is 0 Å². The molecule has 1 saturated carbocycles. The minimum atomic E-state index is -1.11. The maximum Gasteiger partial charge on any atom is 0.326 e. The molecule has 6 nitrogen and oxygen atoms in total. The minimum absolute atomic E-state index is 0.0585. The fourth-order valence-electron chi connectivity index (χ4n) is 2.45. The summed E-state index contributed by atoms with van der Waals surface area (Å²) in [5.41, 5.74) is 0.306. The molecule has 1 aliphatic rings. The maximum absolute atomic E-state index is 12.0. The van der Waals surface area contributed by atoms with Crippen LogP contribution >= 0.6 is 0 Å². The first-order chi connectivity index (χ1) is 9.58. The number of hydrogen-bond acceptors (Lipinski definition) is 4. The van der Waals surface area contributed by atoms with Gasteiger partial charge in [-0.3, -0.25) is 14.6 Å².